The molecule has 118 valence electrons. The minimum Gasteiger partial charge on any atom is -0.478 e. The van der Waals surface area contributed by atoms with E-state index in [1.807, 2.05) is 20.8 Å². The Morgan fingerprint density at radius 3 is 2.48 bits per heavy atom. The van der Waals surface area contributed by atoms with Crippen LogP contribution in [-0.4, -0.2) is 39.9 Å². The molecule has 1 aromatic rings. The van der Waals surface area contributed by atoms with E-state index in [0.29, 0.717) is 11.5 Å². The van der Waals surface area contributed by atoms with Crippen molar-refractivity contribution in [3.05, 3.63) is 23.2 Å². The molecular formula is C15H23NO4S. The molecule has 1 heterocycles. The van der Waals surface area contributed by atoms with Crippen molar-refractivity contribution >= 4 is 23.6 Å². The van der Waals surface area contributed by atoms with E-state index < -0.39 is 5.97 Å². The van der Waals surface area contributed by atoms with Crippen molar-refractivity contribution in [2.45, 2.75) is 39.5 Å². The van der Waals surface area contributed by atoms with Crippen LogP contribution >= 0.6 is 11.8 Å². The van der Waals surface area contributed by atoms with Crippen LogP contribution in [0.15, 0.2) is 10.5 Å². The Bertz CT molecular complexity index is 510. The molecule has 21 heavy (non-hydrogen) atoms. The van der Waals surface area contributed by atoms with Crippen LogP contribution in [0, 0.1) is 12.8 Å². The standard InChI is InChI=1S/C15H23NO4S/c1-6-21-13(9(2)3)14(17)16(5)8-11-7-12(15(18)19)10(4)20-11/h7,9,13H,6,8H2,1-5H3,(H,18,19). The Kier molecular flexibility index (Phi) is 6.33. The summed E-state index contributed by atoms with van der Waals surface area (Å²) in [6.45, 7) is 7.97. The van der Waals surface area contributed by atoms with E-state index in [0.717, 1.165) is 5.75 Å². The van der Waals surface area contributed by atoms with Gasteiger partial charge in [-0.15, -0.1) is 11.8 Å². The van der Waals surface area contributed by atoms with Crippen LogP contribution in [0.25, 0.3) is 0 Å². The number of aromatic carboxylic acids is 1. The third-order valence-electron chi connectivity index (χ3n) is 3.16. The largest absolute Gasteiger partial charge is 0.478 e. The minimum absolute atomic E-state index is 0.0442. The van der Waals surface area contributed by atoms with Gasteiger partial charge >= 0.3 is 5.97 Å². The van der Waals surface area contributed by atoms with Crippen molar-refractivity contribution in [3.8, 4) is 0 Å². The monoisotopic (exact) mass is 313 g/mol. The zero-order valence-corrected chi connectivity index (χ0v) is 14.0. The zero-order chi connectivity index (χ0) is 16.2. The third kappa shape index (κ3) is 4.52. The molecule has 0 aliphatic carbocycles. The van der Waals surface area contributed by atoms with E-state index >= 15 is 0 Å². The third-order valence-corrected chi connectivity index (χ3v) is 4.60. The Hall–Kier alpha value is -1.43. The Balaban J connectivity index is 2.80. The maximum absolute atomic E-state index is 12.5. The number of nitrogens with zero attached hydrogens (tertiary/aromatic N) is 1. The fraction of sp³-hybridized carbons (Fsp3) is 0.600. The predicted octanol–water partition coefficient (Wildman–Crippen LogP) is 3.02. The second kappa shape index (κ2) is 7.54. The van der Waals surface area contributed by atoms with Crippen LogP contribution in [0.1, 0.15) is 42.6 Å². The second-order valence-corrected chi connectivity index (χ2v) is 6.72. The van der Waals surface area contributed by atoms with Gasteiger partial charge in [-0.05, 0) is 24.7 Å². The summed E-state index contributed by atoms with van der Waals surface area (Å²) in [5.41, 5.74) is 0.147. The molecule has 0 bridgehead atoms. The van der Waals surface area contributed by atoms with Crippen LogP contribution < -0.4 is 0 Å². The summed E-state index contributed by atoms with van der Waals surface area (Å²) in [6, 6.07) is 1.48. The van der Waals surface area contributed by atoms with Crippen LogP contribution in [0.3, 0.4) is 0 Å². The average molecular weight is 313 g/mol. The van der Waals surface area contributed by atoms with Gasteiger partial charge in [0.2, 0.25) is 5.91 Å². The molecule has 0 aromatic carbocycles. The van der Waals surface area contributed by atoms with Gasteiger partial charge in [0, 0.05) is 7.05 Å². The number of carboxylic acids is 1. The number of carbonyl (C=O) groups is 2. The lowest BCUT2D eigenvalue weighted by atomic mass is 10.1. The second-order valence-electron chi connectivity index (χ2n) is 5.30. The molecule has 0 aliphatic rings. The lowest BCUT2D eigenvalue weighted by Gasteiger charge is -2.25. The fourth-order valence-corrected chi connectivity index (χ4v) is 3.16. The predicted molar refractivity (Wildman–Crippen MR) is 83.6 cm³/mol. The highest BCUT2D eigenvalue weighted by Crippen LogP contribution is 2.23. The molecule has 0 radical (unpaired) electrons. The maximum atomic E-state index is 12.5. The Labute approximate surface area is 129 Å². The normalized spacial score (nSPS) is 12.5. The summed E-state index contributed by atoms with van der Waals surface area (Å²) in [6.07, 6.45) is 0. The Morgan fingerprint density at radius 1 is 1.43 bits per heavy atom. The van der Waals surface area contributed by atoms with Crippen LogP contribution in [0.4, 0.5) is 0 Å². The van der Waals surface area contributed by atoms with E-state index in [2.05, 4.69) is 0 Å². The molecule has 0 fully saturated rings. The molecule has 6 heteroatoms. The highest BCUT2D eigenvalue weighted by Gasteiger charge is 2.26. The minimum atomic E-state index is -1.02. The summed E-state index contributed by atoms with van der Waals surface area (Å²) in [5, 5.41) is 8.92. The topological polar surface area (TPSA) is 70.8 Å². The molecule has 0 spiro atoms. The van der Waals surface area contributed by atoms with Crippen molar-refractivity contribution in [2.24, 2.45) is 5.92 Å². The van der Waals surface area contributed by atoms with E-state index in [9.17, 15) is 9.59 Å². The summed E-state index contributed by atoms with van der Waals surface area (Å²) >= 11 is 1.63. The summed E-state index contributed by atoms with van der Waals surface area (Å²) < 4.78 is 5.42. The highest BCUT2D eigenvalue weighted by atomic mass is 32.2. The van der Waals surface area contributed by atoms with Gasteiger partial charge in [0.15, 0.2) is 0 Å². The van der Waals surface area contributed by atoms with Gasteiger partial charge in [-0.2, -0.15) is 0 Å². The molecule has 1 rings (SSSR count). The number of hydrogen-bond acceptors (Lipinski definition) is 4. The summed E-state index contributed by atoms with van der Waals surface area (Å²) in [4.78, 5) is 25.0. The van der Waals surface area contributed by atoms with Crippen molar-refractivity contribution in [2.75, 3.05) is 12.8 Å². The fourth-order valence-electron chi connectivity index (χ4n) is 2.09. The summed E-state index contributed by atoms with van der Waals surface area (Å²) in [5.74, 6) is 1.01. The van der Waals surface area contributed by atoms with Crippen LogP contribution in [-0.2, 0) is 11.3 Å². The molecule has 1 unspecified atom stereocenters. The molecule has 1 aromatic heterocycles. The molecule has 1 amide bonds. The van der Waals surface area contributed by atoms with Crippen LogP contribution in [0.2, 0.25) is 0 Å². The number of carboxylic acid groups (broad SMARTS) is 1. The van der Waals surface area contributed by atoms with E-state index in [1.54, 1.807) is 30.6 Å². The number of thioether (sulfide) groups is 1. The van der Waals surface area contributed by atoms with Gasteiger partial charge in [0.05, 0.1) is 11.8 Å². The molecule has 0 saturated carbocycles. The smallest absolute Gasteiger partial charge is 0.339 e. The lowest BCUT2D eigenvalue weighted by Crippen LogP contribution is -2.37. The SMILES string of the molecule is CCSC(C(=O)N(C)Cc1cc(C(=O)O)c(C)o1)C(C)C. The maximum Gasteiger partial charge on any atom is 0.339 e. The van der Waals surface area contributed by atoms with E-state index in [4.69, 9.17) is 9.52 Å². The van der Waals surface area contributed by atoms with Gasteiger partial charge in [-0.1, -0.05) is 20.8 Å². The van der Waals surface area contributed by atoms with Gasteiger partial charge in [-0.25, -0.2) is 4.79 Å². The quantitative estimate of drug-likeness (QED) is 0.838. The molecular weight excluding hydrogens is 290 g/mol. The van der Waals surface area contributed by atoms with Crippen molar-refractivity contribution in [1.29, 1.82) is 0 Å². The first kappa shape index (κ1) is 17.6. The van der Waals surface area contributed by atoms with Gasteiger partial charge in [-0.3, -0.25) is 4.79 Å². The molecule has 1 N–H and O–H groups in total. The Morgan fingerprint density at radius 2 is 2.05 bits per heavy atom. The first-order valence-electron chi connectivity index (χ1n) is 6.97. The number of amides is 1. The van der Waals surface area contributed by atoms with E-state index in [-0.39, 0.29) is 29.2 Å². The number of furan rings is 1. The van der Waals surface area contributed by atoms with Gasteiger partial charge in [0.25, 0.3) is 0 Å². The number of aryl methyl sites for hydroxylation is 1. The highest BCUT2D eigenvalue weighted by molar-refractivity contribution is 8.00. The van der Waals surface area contributed by atoms with Crippen molar-refractivity contribution in [1.82, 2.24) is 4.90 Å². The molecule has 0 aliphatic heterocycles. The summed E-state index contributed by atoms with van der Waals surface area (Å²) in [7, 11) is 1.71. The number of hydrogen-bond donors (Lipinski definition) is 1. The number of carbonyl (C=O) groups excluding carboxylic acids is 1. The average Bonchev–Trinajstić information content (AvgIpc) is 2.75. The van der Waals surface area contributed by atoms with Crippen molar-refractivity contribution < 1.29 is 19.1 Å². The van der Waals surface area contributed by atoms with Gasteiger partial charge in [0.1, 0.15) is 17.1 Å². The molecule has 0 saturated heterocycles. The molecule has 5 nitrogen and oxygen atoms in total. The first-order chi connectivity index (χ1) is 9.77. The van der Waals surface area contributed by atoms with Gasteiger partial charge < -0.3 is 14.4 Å². The van der Waals surface area contributed by atoms with Crippen molar-refractivity contribution in [3.63, 3.8) is 0 Å². The lowest BCUT2D eigenvalue weighted by molar-refractivity contribution is -0.130. The molecule has 1 atom stereocenters. The zero-order valence-electron chi connectivity index (χ0n) is 13.2. The van der Waals surface area contributed by atoms with Crippen LogP contribution in [0.5, 0.6) is 0 Å². The first-order valence-corrected chi connectivity index (χ1v) is 8.02. The number of rotatable bonds is 7. The van der Waals surface area contributed by atoms with E-state index in [1.165, 1.54) is 6.07 Å².